The minimum atomic E-state index is -0.821. The summed E-state index contributed by atoms with van der Waals surface area (Å²) in [4.78, 5) is 10.8. The zero-order valence-electron chi connectivity index (χ0n) is 9.27. The van der Waals surface area contributed by atoms with Crippen LogP contribution >= 0.6 is 11.6 Å². The molecule has 0 spiro atoms. The standard InChI is InChI=1S/C12H15ClN2O2/c13-9-4-2-1-3-8(9)11(14)7-5-10(12(16)17)15-6-7/h1-4,7,10-11,15H,5-6,14H2,(H,16,17)/t7-,10-,11?/m0/s1. The normalized spacial score (nSPS) is 25.8. The third kappa shape index (κ3) is 2.60. The van der Waals surface area contributed by atoms with Gasteiger partial charge in [0.2, 0.25) is 0 Å². The van der Waals surface area contributed by atoms with E-state index in [2.05, 4.69) is 5.32 Å². The number of nitrogens with two attached hydrogens (primary N) is 1. The second kappa shape index (κ2) is 5.04. The van der Waals surface area contributed by atoms with Crippen molar-refractivity contribution in [2.45, 2.75) is 18.5 Å². The maximum absolute atomic E-state index is 10.8. The van der Waals surface area contributed by atoms with E-state index >= 15 is 0 Å². The number of aliphatic carboxylic acids is 1. The number of carboxylic acid groups (broad SMARTS) is 1. The Morgan fingerprint density at radius 2 is 2.24 bits per heavy atom. The fraction of sp³-hybridized carbons (Fsp3) is 0.417. The predicted molar refractivity (Wildman–Crippen MR) is 65.9 cm³/mol. The van der Waals surface area contributed by atoms with Crippen LogP contribution in [0.15, 0.2) is 24.3 Å². The molecule has 1 heterocycles. The molecule has 1 aliphatic heterocycles. The molecule has 1 aliphatic rings. The first-order valence-electron chi connectivity index (χ1n) is 5.56. The molecule has 4 nitrogen and oxygen atoms in total. The third-order valence-electron chi connectivity index (χ3n) is 3.24. The molecule has 17 heavy (non-hydrogen) atoms. The highest BCUT2D eigenvalue weighted by Gasteiger charge is 2.33. The van der Waals surface area contributed by atoms with Crippen molar-refractivity contribution in [3.8, 4) is 0 Å². The summed E-state index contributed by atoms with van der Waals surface area (Å²) in [6.07, 6.45) is 0.543. The molecule has 1 unspecified atom stereocenters. The van der Waals surface area contributed by atoms with Gasteiger partial charge in [-0.3, -0.25) is 4.79 Å². The van der Waals surface area contributed by atoms with Crippen molar-refractivity contribution in [3.63, 3.8) is 0 Å². The second-order valence-corrected chi connectivity index (χ2v) is 4.75. The van der Waals surface area contributed by atoms with E-state index in [1.165, 1.54) is 0 Å². The molecule has 0 amide bonds. The maximum atomic E-state index is 10.8. The smallest absolute Gasteiger partial charge is 0.320 e. The van der Waals surface area contributed by atoms with Gasteiger partial charge in [0.25, 0.3) is 0 Å². The van der Waals surface area contributed by atoms with Crippen molar-refractivity contribution in [1.82, 2.24) is 5.32 Å². The Kier molecular flexibility index (Phi) is 3.66. The van der Waals surface area contributed by atoms with Gasteiger partial charge in [0.1, 0.15) is 6.04 Å². The van der Waals surface area contributed by atoms with Crippen LogP contribution in [-0.4, -0.2) is 23.7 Å². The van der Waals surface area contributed by atoms with E-state index < -0.39 is 12.0 Å². The van der Waals surface area contributed by atoms with Crippen molar-refractivity contribution in [3.05, 3.63) is 34.9 Å². The number of nitrogens with one attached hydrogen (secondary N) is 1. The van der Waals surface area contributed by atoms with Gasteiger partial charge in [-0.15, -0.1) is 0 Å². The number of rotatable bonds is 3. The van der Waals surface area contributed by atoms with E-state index in [4.69, 9.17) is 22.4 Å². The highest BCUT2D eigenvalue weighted by atomic mass is 35.5. The van der Waals surface area contributed by atoms with Gasteiger partial charge in [0.15, 0.2) is 0 Å². The Morgan fingerprint density at radius 3 is 2.82 bits per heavy atom. The van der Waals surface area contributed by atoms with Gasteiger partial charge in [-0.1, -0.05) is 29.8 Å². The second-order valence-electron chi connectivity index (χ2n) is 4.34. The molecular weight excluding hydrogens is 240 g/mol. The number of carboxylic acids is 1. The lowest BCUT2D eigenvalue weighted by Gasteiger charge is -2.19. The molecule has 2 rings (SSSR count). The van der Waals surface area contributed by atoms with Crippen LogP contribution in [0.1, 0.15) is 18.0 Å². The van der Waals surface area contributed by atoms with Gasteiger partial charge < -0.3 is 16.2 Å². The van der Waals surface area contributed by atoms with Crippen molar-refractivity contribution in [2.24, 2.45) is 11.7 Å². The van der Waals surface area contributed by atoms with Gasteiger partial charge in [0.05, 0.1) is 0 Å². The van der Waals surface area contributed by atoms with Crippen LogP contribution in [0.5, 0.6) is 0 Å². The number of hydrogen-bond donors (Lipinski definition) is 3. The van der Waals surface area contributed by atoms with Crippen LogP contribution in [0.2, 0.25) is 5.02 Å². The average Bonchev–Trinajstić information content (AvgIpc) is 2.78. The summed E-state index contributed by atoms with van der Waals surface area (Å²) < 4.78 is 0. The first-order valence-corrected chi connectivity index (χ1v) is 5.93. The largest absolute Gasteiger partial charge is 0.480 e. The molecular formula is C12H15ClN2O2. The lowest BCUT2D eigenvalue weighted by atomic mass is 9.91. The third-order valence-corrected chi connectivity index (χ3v) is 3.58. The fourth-order valence-electron chi connectivity index (χ4n) is 2.22. The summed E-state index contributed by atoms with van der Waals surface area (Å²) in [5, 5.41) is 12.5. The van der Waals surface area contributed by atoms with Crippen LogP contribution in [0.3, 0.4) is 0 Å². The number of benzene rings is 1. The average molecular weight is 255 g/mol. The van der Waals surface area contributed by atoms with Gasteiger partial charge in [-0.05, 0) is 24.0 Å². The summed E-state index contributed by atoms with van der Waals surface area (Å²) >= 11 is 6.08. The highest BCUT2D eigenvalue weighted by molar-refractivity contribution is 6.31. The van der Waals surface area contributed by atoms with Gasteiger partial charge in [0, 0.05) is 17.6 Å². The van der Waals surface area contributed by atoms with Crippen LogP contribution in [-0.2, 0) is 4.79 Å². The van der Waals surface area contributed by atoms with Crippen LogP contribution in [0.4, 0.5) is 0 Å². The predicted octanol–water partition coefficient (Wildman–Crippen LogP) is 1.40. The van der Waals surface area contributed by atoms with Crippen molar-refractivity contribution < 1.29 is 9.90 Å². The molecule has 1 aromatic rings. The summed E-state index contributed by atoms with van der Waals surface area (Å²) in [7, 11) is 0. The zero-order valence-corrected chi connectivity index (χ0v) is 10.0. The van der Waals surface area contributed by atoms with Crippen LogP contribution in [0.25, 0.3) is 0 Å². The van der Waals surface area contributed by atoms with E-state index in [1.807, 2.05) is 18.2 Å². The Balaban J connectivity index is 2.09. The molecule has 3 atom stereocenters. The number of halogens is 1. The van der Waals surface area contributed by atoms with Gasteiger partial charge in [-0.2, -0.15) is 0 Å². The van der Waals surface area contributed by atoms with E-state index in [9.17, 15) is 4.79 Å². The topological polar surface area (TPSA) is 75.3 Å². The maximum Gasteiger partial charge on any atom is 0.320 e. The minimum absolute atomic E-state index is 0.107. The van der Waals surface area contributed by atoms with E-state index in [0.717, 1.165) is 5.56 Å². The van der Waals surface area contributed by atoms with Gasteiger partial charge >= 0.3 is 5.97 Å². The summed E-state index contributed by atoms with van der Waals surface area (Å²) in [6.45, 7) is 0.614. The molecule has 5 heteroatoms. The van der Waals surface area contributed by atoms with E-state index in [0.29, 0.717) is 18.0 Å². The van der Waals surface area contributed by atoms with Crippen molar-refractivity contribution in [1.29, 1.82) is 0 Å². The molecule has 4 N–H and O–H groups in total. The van der Waals surface area contributed by atoms with Gasteiger partial charge in [-0.25, -0.2) is 0 Å². The molecule has 1 fully saturated rings. The van der Waals surface area contributed by atoms with E-state index in [1.54, 1.807) is 6.07 Å². The number of hydrogen-bond acceptors (Lipinski definition) is 3. The van der Waals surface area contributed by atoms with Crippen molar-refractivity contribution >= 4 is 17.6 Å². The zero-order chi connectivity index (χ0) is 12.4. The lowest BCUT2D eigenvalue weighted by molar-refractivity contribution is -0.139. The molecule has 0 aliphatic carbocycles. The number of carbonyl (C=O) groups is 1. The fourth-order valence-corrected chi connectivity index (χ4v) is 2.49. The summed E-state index contributed by atoms with van der Waals surface area (Å²) in [5.41, 5.74) is 7.03. The molecule has 1 saturated heterocycles. The Labute approximate surface area is 105 Å². The highest BCUT2D eigenvalue weighted by Crippen LogP contribution is 2.31. The van der Waals surface area contributed by atoms with Crippen molar-refractivity contribution in [2.75, 3.05) is 6.54 Å². The van der Waals surface area contributed by atoms with E-state index in [-0.39, 0.29) is 12.0 Å². The quantitative estimate of drug-likeness (QED) is 0.762. The minimum Gasteiger partial charge on any atom is -0.480 e. The Morgan fingerprint density at radius 1 is 1.53 bits per heavy atom. The lowest BCUT2D eigenvalue weighted by Crippen LogP contribution is -2.30. The molecule has 0 bridgehead atoms. The first kappa shape index (κ1) is 12.4. The molecule has 0 saturated carbocycles. The first-order chi connectivity index (χ1) is 8.09. The summed E-state index contributed by atoms with van der Waals surface area (Å²) in [5.74, 6) is -0.713. The summed E-state index contributed by atoms with van der Waals surface area (Å²) in [6, 6.07) is 6.72. The monoisotopic (exact) mass is 254 g/mol. The molecule has 0 radical (unpaired) electrons. The SMILES string of the molecule is NC(c1ccccc1Cl)[C@@H]1CN[C@H](C(=O)O)C1. The molecule has 92 valence electrons. The molecule has 1 aromatic carbocycles. The Bertz CT molecular complexity index is 425. The molecule has 0 aromatic heterocycles. The van der Waals surface area contributed by atoms with Crippen LogP contribution in [0, 0.1) is 5.92 Å². The Hall–Kier alpha value is -1.10. The van der Waals surface area contributed by atoms with Crippen LogP contribution < -0.4 is 11.1 Å².